The van der Waals surface area contributed by atoms with E-state index >= 15 is 0 Å². The van der Waals surface area contributed by atoms with Crippen molar-refractivity contribution in [3.63, 3.8) is 0 Å². The molecule has 1 heterocycles. The van der Waals surface area contributed by atoms with Crippen molar-refractivity contribution in [2.75, 3.05) is 0 Å². The number of hydrazine groups is 1. The first-order valence-electron chi connectivity index (χ1n) is 7.74. The van der Waals surface area contributed by atoms with Gasteiger partial charge in [-0.3, -0.25) is 20.4 Å². The third-order valence-electron chi connectivity index (χ3n) is 3.50. The Morgan fingerprint density at radius 2 is 1.62 bits per heavy atom. The van der Waals surface area contributed by atoms with Gasteiger partial charge >= 0.3 is 5.91 Å². The molecule has 26 heavy (non-hydrogen) atoms. The van der Waals surface area contributed by atoms with Gasteiger partial charge in [-0.2, -0.15) is 0 Å². The number of amides is 2. The summed E-state index contributed by atoms with van der Waals surface area (Å²) in [6.45, 7) is 0.154. The fourth-order valence-electron chi connectivity index (χ4n) is 2.21. The first-order valence-corrected chi connectivity index (χ1v) is 8.12. The lowest BCUT2D eigenvalue weighted by Gasteiger charge is -2.09. The van der Waals surface area contributed by atoms with E-state index in [1.54, 1.807) is 30.3 Å². The highest BCUT2D eigenvalue weighted by Gasteiger charge is 2.17. The molecule has 2 N–H and O–H groups in total. The normalized spacial score (nSPS) is 10.2. The molecule has 0 aliphatic heterocycles. The smallest absolute Gasteiger partial charge is 0.305 e. The number of furan rings is 1. The Kier molecular flexibility index (Phi) is 5.56. The van der Waals surface area contributed by atoms with E-state index in [0.717, 1.165) is 0 Å². The highest BCUT2D eigenvalue weighted by molar-refractivity contribution is 6.33. The SMILES string of the molecule is O=C(NNC(=O)c1occc1COc1ccccc1)c1ccccc1Cl. The number of hydrogen-bond donors (Lipinski definition) is 2. The molecule has 0 atom stereocenters. The molecule has 7 heteroatoms. The Hall–Kier alpha value is -3.25. The van der Waals surface area contributed by atoms with Gasteiger partial charge < -0.3 is 9.15 Å². The molecule has 0 fully saturated rings. The average molecular weight is 371 g/mol. The van der Waals surface area contributed by atoms with Gasteiger partial charge in [0.15, 0.2) is 5.76 Å². The maximum absolute atomic E-state index is 12.3. The second-order valence-electron chi connectivity index (χ2n) is 5.26. The van der Waals surface area contributed by atoms with E-state index in [4.69, 9.17) is 20.8 Å². The van der Waals surface area contributed by atoms with Crippen LogP contribution in [0.3, 0.4) is 0 Å². The van der Waals surface area contributed by atoms with Crippen LogP contribution in [0.5, 0.6) is 5.75 Å². The van der Waals surface area contributed by atoms with Crippen molar-refractivity contribution in [1.29, 1.82) is 0 Å². The average Bonchev–Trinajstić information content (AvgIpc) is 3.14. The maximum Gasteiger partial charge on any atom is 0.305 e. The minimum Gasteiger partial charge on any atom is -0.489 e. The van der Waals surface area contributed by atoms with Gasteiger partial charge in [-0.05, 0) is 30.3 Å². The van der Waals surface area contributed by atoms with Crippen molar-refractivity contribution in [3.05, 3.63) is 88.8 Å². The van der Waals surface area contributed by atoms with Gasteiger partial charge in [-0.1, -0.05) is 41.9 Å². The maximum atomic E-state index is 12.3. The number of carbonyl (C=O) groups excluding carboxylic acids is 2. The molecule has 0 radical (unpaired) electrons. The first kappa shape index (κ1) is 17.6. The third kappa shape index (κ3) is 4.23. The molecule has 3 rings (SSSR count). The number of hydrogen-bond acceptors (Lipinski definition) is 4. The van der Waals surface area contributed by atoms with E-state index in [2.05, 4.69) is 10.9 Å². The predicted molar refractivity (Wildman–Crippen MR) is 95.9 cm³/mol. The molecule has 0 aliphatic rings. The Morgan fingerprint density at radius 3 is 2.38 bits per heavy atom. The van der Waals surface area contributed by atoms with E-state index < -0.39 is 11.8 Å². The first-order chi connectivity index (χ1) is 12.6. The molecule has 2 aromatic carbocycles. The van der Waals surface area contributed by atoms with Gasteiger partial charge in [0.1, 0.15) is 12.4 Å². The molecular weight excluding hydrogens is 356 g/mol. The minimum atomic E-state index is -0.595. The van der Waals surface area contributed by atoms with E-state index in [1.165, 1.54) is 6.26 Å². The molecule has 1 aromatic heterocycles. The molecule has 0 saturated carbocycles. The van der Waals surface area contributed by atoms with Crippen LogP contribution in [-0.2, 0) is 6.61 Å². The molecule has 0 spiro atoms. The highest BCUT2D eigenvalue weighted by atomic mass is 35.5. The summed E-state index contributed by atoms with van der Waals surface area (Å²) in [4.78, 5) is 24.3. The molecule has 3 aromatic rings. The topological polar surface area (TPSA) is 80.6 Å². The van der Waals surface area contributed by atoms with Gasteiger partial charge in [-0.25, -0.2) is 0 Å². The number of nitrogens with one attached hydrogen (secondary N) is 2. The summed E-state index contributed by atoms with van der Waals surface area (Å²) in [6.07, 6.45) is 1.38. The van der Waals surface area contributed by atoms with Crippen molar-refractivity contribution in [1.82, 2.24) is 10.9 Å². The predicted octanol–water partition coefficient (Wildman–Crippen LogP) is 3.59. The van der Waals surface area contributed by atoms with Gasteiger partial charge in [-0.15, -0.1) is 0 Å². The summed E-state index contributed by atoms with van der Waals surface area (Å²) in [6, 6.07) is 17.4. The second kappa shape index (κ2) is 8.22. The Balaban J connectivity index is 1.59. The van der Waals surface area contributed by atoms with Gasteiger partial charge in [0.25, 0.3) is 5.91 Å². The zero-order valence-electron chi connectivity index (χ0n) is 13.6. The lowest BCUT2D eigenvalue weighted by Crippen LogP contribution is -2.41. The van der Waals surface area contributed by atoms with Crippen molar-refractivity contribution in [2.45, 2.75) is 6.61 Å². The van der Waals surface area contributed by atoms with E-state index in [1.807, 2.05) is 30.3 Å². The summed E-state index contributed by atoms with van der Waals surface area (Å²) in [5.74, 6) is -0.396. The van der Waals surface area contributed by atoms with Crippen LogP contribution in [0.25, 0.3) is 0 Å². The van der Waals surface area contributed by atoms with Gasteiger partial charge in [0.2, 0.25) is 0 Å². The Bertz CT molecular complexity index is 909. The number of carbonyl (C=O) groups is 2. The third-order valence-corrected chi connectivity index (χ3v) is 3.83. The Labute approximate surface area is 154 Å². The molecule has 0 saturated heterocycles. The van der Waals surface area contributed by atoms with Crippen LogP contribution in [0.15, 0.2) is 71.3 Å². The van der Waals surface area contributed by atoms with Crippen molar-refractivity contribution in [3.8, 4) is 5.75 Å². The quantitative estimate of drug-likeness (QED) is 0.672. The van der Waals surface area contributed by atoms with E-state index in [0.29, 0.717) is 11.3 Å². The van der Waals surface area contributed by atoms with Crippen molar-refractivity contribution >= 4 is 23.4 Å². The summed E-state index contributed by atoms with van der Waals surface area (Å²) in [7, 11) is 0. The summed E-state index contributed by atoms with van der Waals surface area (Å²) < 4.78 is 10.8. The van der Waals surface area contributed by atoms with Gasteiger partial charge in [0, 0.05) is 5.56 Å². The fraction of sp³-hybridized carbons (Fsp3) is 0.0526. The van der Waals surface area contributed by atoms with Crippen LogP contribution in [0.2, 0.25) is 5.02 Å². The molecule has 2 amide bonds. The minimum absolute atomic E-state index is 0.0559. The lowest BCUT2D eigenvalue weighted by molar-refractivity contribution is 0.0829. The number of halogens is 1. The van der Waals surface area contributed by atoms with Crippen molar-refractivity contribution < 1.29 is 18.7 Å². The largest absolute Gasteiger partial charge is 0.489 e. The van der Waals surface area contributed by atoms with Gasteiger partial charge in [0.05, 0.1) is 16.8 Å². The van der Waals surface area contributed by atoms with Crippen LogP contribution < -0.4 is 15.6 Å². The lowest BCUT2D eigenvalue weighted by atomic mass is 10.2. The van der Waals surface area contributed by atoms with Crippen LogP contribution in [0.1, 0.15) is 26.5 Å². The molecule has 132 valence electrons. The molecule has 0 unspecified atom stereocenters. The van der Waals surface area contributed by atoms with Crippen LogP contribution in [0.4, 0.5) is 0 Å². The molecule has 6 nitrogen and oxygen atoms in total. The number of para-hydroxylation sites is 1. The zero-order valence-corrected chi connectivity index (χ0v) is 14.3. The standard InChI is InChI=1S/C19H15ClN2O4/c20-16-9-5-4-8-15(16)18(23)21-22-19(24)17-13(10-11-25-17)12-26-14-6-2-1-3-7-14/h1-11H,12H2,(H,21,23)(H,22,24). The number of rotatable bonds is 5. The molecule has 0 bridgehead atoms. The molecular formula is C19H15ClN2O4. The summed E-state index contributed by atoms with van der Waals surface area (Å²) in [5, 5.41) is 0.286. The van der Waals surface area contributed by atoms with Crippen LogP contribution >= 0.6 is 11.6 Å². The number of ether oxygens (including phenoxy) is 1. The van der Waals surface area contributed by atoms with Crippen LogP contribution in [0, 0.1) is 0 Å². The Morgan fingerprint density at radius 1 is 0.923 bits per heavy atom. The summed E-state index contributed by atoms with van der Waals surface area (Å²) >= 11 is 5.95. The number of benzene rings is 2. The van der Waals surface area contributed by atoms with E-state index in [9.17, 15) is 9.59 Å². The highest BCUT2D eigenvalue weighted by Crippen LogP contribution is 2.16. The monoisotopic (exact) mass is 370 g/mol. The van der Waals surface area contributed by atoms with E-state index in [-0.39, 0.29) is 23.0 Å². The molecule has 0 aliphatic carbocycles. The van der Waals surface area contributed by atoms with Crippen LogP contribution in [-0.4, -0.2) is 11.8 Å². The fourth-order valence-corrected chi connectivity index (χ4v) is 2.43. The summed E-state index contributed by atoms with van der Waals surface area (Å²) in [5.41, 5.74) is 5.41. The van der Waals surface area contributed by atoms with Crippen molar-refractivity contribution in [2.24, 2.45) is 0 Å². The second-order valence-corrected chi connectivity index (χ2v) is 5.67. The zero-order chi connectivity index (χ0) is 18.4.